The van der Waals surface area contributed by atoms with E-state index in [1.54, 1.807) is 6.92 Å². The fraction of sp³-hybridized carbons (Fsp3) is 0.444. The minimum atomic E-state index is -1.27. The van der Waals surface area contributed by atoms with Crippen molar-refractivity contribution >= 4 is 18.0 Å². The van der Waals surface area contributed by atoms with E-state index in [2.05, 4.69) is 17.4 Å². The SMILES string of the molecule is CC(C)(C)C(NC(=O)OCC1c2ccccc2-c2ccccc21)C(=O)N1CCC[C@@]1(C)C(=O)O. The monoisotopic (exact) mass is 464 g/mol. The molecule has 1 aliphatic carbocycles. The Hall–Kier alpha value is -3.35. The maximum absolute atomic E-state index is 13.4. The van der Waals surface area contributed by atoms with E-state index in [1.807, 2.05) is 57.2 Å². The van der Waals surface area contributed by atoms with Crippen LogP contribution in [0.1, 0.15) is 57.6 Å². The van der Waals surface area contributed by atoms with Crippen molar-refractivity contribution in [2.45, 2.75) is 58.0 Å². The summed E-state index contributed by atoms with van der Waals surface area (Å²) in [5, 5.41) is 12.5. The normalized spacial score (nSPS) is 20.4. The third-order valence-corrected chi connectivity index (χ3v) is 7.09. The van der Waals surface area contributed by atoms with E-state index in [-0.39, 0.29) is 12.5 Å². The third-order valence-electron chi connectivity index (χ3n) is 7.09. The molecule has 1 fully saturated rings. The van der Waals surface area contributed by atoms with E-state index in [1.165, 1.54) is 4.90 Å². The summed E-state index contributed by atoms with van der Waals surface area (Å²) in [5.41, 5.74) is 2.57. The van der Waals surface area contributed by atoms with Gasteiger partial charge in [-0.05, 0) is 47.4 Å². The molecule has 4 rings (SSSR count). The number of ether oxygens (including phenoxy) is 1. The molecule has 180 valence electrons. The minimum Gasteiger partial charge on any atom is -0.480 e. The zero-order valence-corrected chi connectivity index (χ0v) is 20.1. The Morgan fingerprint density at radius 3 is 2.18 bits per heavy atom. The summed E-state index contributed by atoms with van der Waals surface area (Å²) in [6, 6.07) is 15.2. The van der Waals surface area contributed by atoms with Crippen LogP contribution in [0, 0.1) is 5.41 Å². The van der Waals surface area contributed by atoms with Crippen molar-refractivity contribution in [1.82, 2.24) is 10.2 Å². The van der Waals surface area contributed by atoms with Crippen molar-refractivity contribution in [3.8, 4) is 11.1 Å². The van der Waals surface area contributed by atoms with Gasteiger partial charge in [0.15, 0.2) is 0 Å². The molecule has 7 heteroatoms. The fourth-order valence-corrected chi connectivity index (χ4v) is 5.10. The highest BCUT2D eigenvalue weighted by Gasteiger charge is 2.49. The van der Waals surface area contributed by atoms with Crippen LogP contribution in [0.2, 0.25) is 0 Å². The number of nitrogens with zero attached hydrogens (tertiary/aromatic N) is 1. The first-order valence-corrected chi connectivity index (χ1v) is 11.7. The van der Waals surface area contributed by atoms with Crippen molar-refractivity contribution in [2.75, 3.05) is 13.2 Å². The quantitative estimate of drug-likeness (QED) is 0.684. The molecule has 2 atom stereocenters. The first kappa shape index (κ1) is 23.8. The number of amides is 2. The molecule has 1 aliphatic heterocycles. The van der Waals surface area contributed by atoms with Gasteiger partial charge in [-0.1, -0.05) is 69.3 Å². The van der Waals surface area contributed by atoms with Crippen LogP contribution in [-0.4, -0.2) is 52.7 Å². The molecule has 2 aliphatic rings. The van der Waals surface area contributed by atoms with Gasteiger partial charge in [0.2, 0.25) is 5.91 Å². The third kappa shape index (κ3) is 4.15. The molecule has 2 aromatic rings. The number of rotatable bonds is 5. The number of hydrogen-bond acceptors (Lipinski definition) is 4. The number of carboxylic acid groups (broad SMARTS) is 1. The van der Waals surface area contributed by atoms with Gasteiger partial charge in [-0.3, -0.25) is 4.79 Å². The molecule has 2 aromatic carbocycles. The molecule has 2 amide bonds. The number of nitrogens with one attached hydrogen (secondary N) is 1. The summed E-state index contributed by atoms with van der Waals surface area (Å²) < 4.78 is 5.64. The van der Waals surface area contributed by atoms with Crippen LogP contribution in [0.15, 0.2) is 48.5 Å². The molecule has 1 heterocycles. The zero-order chi connectivity index (χ0) is 24.7. The Morgan fingerprint density at radius 2 is 1.65 bits per heavy atom. The van der Waals surface area contributed by atoms with E-state index in [0.29, 0.717) is 19.4 Å². The average Bonchev–Trinajstić information content (AvgIpc) is 3.34. The molecule has 34 heavy (non-hydrogen) atoms. The van der Waals surface area contributed by atoms with Crippen molar-refractivity contribution < 1.29 is 24.2 Å². The molecular weight excluding hydrogens is 432 g/mol. The van der Waals surface area contributed by atoms with Gasteiger partial charge < -0.3 is 20.1 Å². The molecule has 2 N–H and O–H groups in total. The number of fused-ring (bicyclic) bond motifs is 3. The van der Waals surface area contributed by atoms with Gasteiger partial charge in [0.25, 0.3) is 0 Å². The number of hydrogen-bond donors (Lipinski definition) is 2. The summed E-state index contributed by atoms with van der Waals surface area (Å²) in [5.74, 6) is -1.52. The second-order valence-corrected chi connectivity index (χ2v) is 10.4. The highest BCUT2D eigenvalue weighted by molar-refractivity contribution is 5.92. The molecule has 0 aromatic heterocycles. The van der Waals surface area contributed by atoms with E-state index < -0.39 is 35.0 Å². The predicted octanol–water partition coefficient (Wildman–Crippen LogP) is 4.41. The van der Waals surface area contributed by atoms with Crippen molar-refractivity contribution in [1.29, 1.82) is 0 Å². The van der Waals surface area contributed by atoms with Crippen LogP contribution in [0.5, 0.6) is 0 Å². The summed E-state index contributed by atoms with van der Waals surface area (Å²) >= 11 is 0. The highest BCUT2D eigenvalue weighted by atomic mass is 16.5. The topological polar surface area (TPSA) is 95.9 Å². The van der Waals surface area contributed by atoms with Gasteiger partial charge in [-0.2, -0.15) is 0 Å². The second kappa shape index (κ2) is 8.78. The van der Waals surface area contributed by atoms with Crippen LogP contribution in [-0.2, 0) is 14.3 Å². The number of benzene rings is 2. The second-order valence-electron chi connectivity index (χ2n) is 10.4. The van der Waals surface area contributed by atoms with Gasteiger partial charge in [-0.25, -0.2) is 9.59 Å². The standard InChI is InChI=1S/C27H32N2O5/c1-26(2,3)22(23(30)29-15-9-14-27(29,4)24(31)32)28-25(33)34-16-21-19-12-7-5-10-17(19)18-11-6-8-13-20(18)21/h5-8,10-13,21-22H,9,14-16H2,1-4H3,(H,28,33)(H,31,32)/t22?,27-/m0/s1. The van der Waals surface area contributed by atoms with Gasteiger partial charge in [0.05, 0.1) is 0 Å². The Bertz CT molecular complexity index is 1080. The molecule has 0 spiro atoms. The first-order valence-electron chi connectivity index (χ1n) is 11.7. The molecule has 7 nitrogen and oxygen atoms in total. The summed E-state index contributed by atoms with van der Waals surface area (Å²) in [7, 11) is 0. The molecular formula is C27H32N2O5. The molecule has 0 saturated carbocycles. The van der Waals surface area contributed by atoms with E-state index in [4.69, 9.17) is 4.74 Å². The summed E-state index contributed by atoms with van der Waals surface area (Å²) in [6.07, 6.45) is 0.304. The molecule has 1 unspecified atom stereocenters. The lowest BCUT2D eigenvalue weighted by Gasteiger charge is -2.38. The van der Waals surface area contributed by atoms with Crippen molar-refractivity contribution in [2.24, 2.45) is 5.41 Å². The Morgan fingerprint density at radius 1 is 1.09 bits per heavy atom. The number of likely N-dealkylation sites (tertiary alicyclic amines) is 1. The summed E-state index contributed by atoms with van der Waals surface area (Å²) in [4.78, 5) is 39.6. The highest BCUT2D eigenvalue weighted by Crippen LogP contribution is 2.44. The van der Waals surface area contributed by atoms with Crippen LogP contribution in [0.25, 0.3) is 11.1 Å². The molecule has 0 radical (unpaired) electrons. The van der Waals surface area contributed by atoms with Gasteiger partial charge in [-0.15, -0.1) is 0 Å². The maximum atomic E-state index is 13.4. The number of aliphatic carboxylic acids is 1. The zero-order valence-electron chi connectivity index (χ0n) is 20.1. The minimum absolute atomic E-state index is 0.0872. The lowest BCUT2D eigenvalue weighted by Crippen LogP contribution is -2.60. The lowest BCUT2D eigenvalue weighted by atomic mass is 9.85. The van der Waals surface area contributed by atoms with E-state index in [0.717, 1.165) is 22.3 Å². The van der Waals surface area contributed by atoms with Gasteiger partial charge in [0, 0.05) is 12.5 Å². The Labute approximate surface area is 200 Å². The molecule has 1 saturated heterocycles. The Kier molecular flexibility index (Phi) is 6.14. The van der Waals surface area contributed by atoms with Crippen molar-refractivity contribution in [3.05, 3.63) is 59.7 Å². The lowest BCUT2D eigenvalue weighted by molar-refractivity contribution is -0.157. The van der Waals surface area contributed by atoms with Crippen molar-refractivity contribution in [3.63, 3.8) is 0 Å². The number of alkyl carbamates (subject to hydrolysis) is 1. The average molecular weight is 465 g/mol. The first-order chi connectivity index (χ1) is 16.0. The summed E-state index contributed by atoms with van der Waals surface area (Å²) in [6.45, 7) is 7.57. The fourth-order valence-electron chi connectivity index (χ4n) is 5.10. The van der Waals surface area contributed by atoms with Crippen LogP contribution in [0.4, 0.5) is 4.79 Å². The van der Waals surface area contributed by atoms with Crippen LogP contribution in [0.3, 0.4) is 0 Å². The van der Waals surface area contributed by atoms with Crippen LogP contribution < -0.4 is 5.32 Å². The predicted molar refractivity (Wildman–Crippen MR) is 128 cm³/mol. The number of carbonyl (C=O) groups excluding carboxylic acids is 2. The van der Waals surface area contributed by atoms with Gasteiger partial charge >= 0.3 is 12.1 Å². The largest absolute Gasteiger partial charge is 0.480 e. The molecule has 0 bridgehead atoms. The van der Waals surface area contributed by atoms with E-state index in [9.17, 15) is 19.5 Å². The van der Waals surface area contributed by atoms with E-state index >= 15 is 0 Å². The Balaban J connectivity index is 1.49. The number of carboxylic acids is 1. The smallest absolute Gasteiger partial charge is 0.407 e. The van der Waals surface area contributed by atoms with Gasteiger partial charge in [0.1, 0.15) is 18.2 Å². The number of carbonyl (C=O) groups is 3. The maximum Gasteiger partial charge on any atom is 0.407 e. The van der Waals surface area contributed by atoms with Crippen LogP contribution >= 0.6 is 0 Å².